The third kappa shape index (κ3) is 4.51. The fourth-order valence-corrected chi connectivity index (χ4v) is 2.59. The lowest BCUT2D eigenvalue weighted by Gasteiger charge is -2.28. The van der Waals surface area contributed by atoms with E-state index in [4.69, 9.17) is 4.74 Å². The van der Waals surface area contributed by atoms with Gasteiger partial charge in [-0.15, -0.1) is 0 Å². The van der Waals surface area contributed by atoms with Crippen molar-refractivity contribution in [1.29, 1.82) is 0 Å². The second-order valence-electron chi connectivity index (χ2n) is 5.69. The number of hydrogen-bond donors (Lipinski definition) is 1. The maximum Gasteiger partial charge on any atom is 0.263 e. The molecule has 0 aliphatic carbocycles. The van der Waals surface area contributed by atoms with Crippen molar-refractivity contribution in [2.24, 2.45) is 0 Å². The molecule has 1 saturated heterocycles. The summed E-state index contributed by atoms with van der Waals surface area (Å²) < 4.78 is 30.4. The van der Waals surface area contributed by atoms with Crippen LogP contribution in [0.25, 0.3) is 0 Å². The maximum atomic E-state index is 12.5. The summed E-state index contributed by atoms with van der Waals surface area (Å²) in [6, 6.07) is 11.0. The first-order chi connectivity index (χ1) is 12.1. The van der Waals surface area contributed by atoms with Gasteiger partial charge in [-0.1, -0.05) is 18.2 Å². The molecule has 0 spiro atoms. The van der Waals surface area contributed by atoms with Gasteiger partial charge in [0.1, 0.15) is 5.82 Å². The number of carbonyl (C=O) groups is 1. The van der Waals surface area contributed by atoms with Crippen molar-refractivity contribution < 1.29 is 18.3 Å². The van der Waals surface area contributed by atoms with Crippen LogP contribution in [0, 0.1) is 0 Å². The fourth-order valence-electron chi connectivity index (χ4n) is 2.59. The molecule has 3 rings (SSSR count). The van der Waals surface area contributed by atoms with E-state index in [1.165, 1.54) is 24.3 Å². The van der Waals surface area contributed by atoms with Crippen LogP contribution in [0.15, 0.2) is 42.5 Å². The zero-order chi connectivity index (χ0) is 17.6. The van der Waals surface area contributed by atoms with E-state index in [0.717, 1.165) is 24.6 Å². The van der Waals surface area contributed by atoms with E-state index < -0.39 is 6.43 Å². The average Bonchev–Trinajstić information content (AvgIpc) is 2.67. The lowest BCUT2D eigenvalue weighted by atomic mass is 10.1. The fraction of sp³-hybridized carbons (Fsp3) is 0.333. The summed E-state index contributed by atoms with van der Waals surface area (Å²) in [5.41, 5.74) is 0.978. The van der Waals surface area contributed by atoms with E-state index in [2.05, 4.69) is 15.2 Å². The van der Waals surface area contributed by atoms with Crippen LogP contribution < -0.4 is 10.2 Å². The Hall–Kier alpha value is -2.54. The van der Waals surface area contributed by atoms with Gasteiger partial charge in [0.2, 0.25) is 0 Å². The molecular weight excluding hydrogens is 328 g/mol. The summed E-state index contributed by atoms with van der Waals surface area (Å²) in [5.74, 6) is 0.538. The maximum absolute atomic E-state index is 12.5. The second kappa shape index (κ2) is 8.02. The Kier molecular flexibility index (Phi) is 5.55. The highest BCUT2D eigenvalue weighted by Gasteiger charge is 2.13. The van der Waals surface area contributed by atoms with Crippen LogP contribution in [-0.2, 0) is 11.3 Å². The van der Waals surface area contributed by atoms with Gasteiger partial charge in [-0.3, -0.25) is 4.79 Å². The molecular formula is C18H19F2N3O2. The first-order valence-electron chi connectivity index (χ1n) is 8.08. The van der Waals surface area contributed by atoms with Gasteiger partial charge in [0.25, 0.3) is 12.3 Å². The minimum atomic E-state index is -2.54. The van der Waals surface area contributed by atoms with Crippen LogP contribution in [0.4, 0.5) is 14.6 Å². The summed E-state index contributed by atoms with van der Waals surface area (Å²) in [6.07, 6.45) is -2.54. The van der Waals surface area contributed by atoms with Crippen LogP contribution in [0.5, 0.6) is 0 Å². The van der Waals surface area contributed by atoms with Crippen LogP contribution >= 0.6 is 0 Å². The lowest BCUT2D eigenvalue weighted by Crippen LogP contribution is -2.37. The topological polar surface area (TPSA) is 54.5 Å². The number of halogens is 2. The summed E-state index contributed by atoms with van der Waals surface area (Å²) in [5, 5.41) is 2.76. The monoisotopic (exact) mass is 347 g/mol. The smallest absolute Gasteiger partial charge is 0.263 e. The minimum absolute atomic E-state index is 0.101. The van der Waals surface area contributed by atoms with Gasteiger partial charge >= 0.3 is 0 Å². The zero-order valence-electron chi connectivity index (χ0n) is 13.6. The molecule has 1 aromatic heterocycles. The number of pyridine rings is 1. The molecule has 5 nitrogen and oxygen atoms in total. The molecule has 1 N–H and O–H groups in total. The number of anilines is 1. The Bertz CT molecular complexity index is 717. The molecule has 25 heavy (non-hydrogen) atoms. The van der Waals surface area contributed by atoms with E-state index in [0.29, 0.717) is 18.8 Å². The second-order valence-corrected chi connectivity index (χ2v) is 5.69. The molecule has 1 aromatic carbocycles. The SMILES string of the molecule is O=C(NCc1cccc(N2CCOCC2)n1)c1ccc(C(F)F)cc1. The number of aromatic nitrogens is 1. The van der Waals surface area contributed by atoms with Gasteiger partial charge in [0, 0.05) is 24.2 Å². The Balaban J connectivity index is 1.60. The molecule has 0 bridgehead atoms. The summed E-state index contributed by atoms with van der Waals surface area (Å²) >= 11 is 0. The molecule has 1 amide bonds. The molecule has 2 aromatic rings. The number of ether oxygens (including phenoxy) is 1. The van der Waals surface area contributed by atoms with Gasteiger partial charge in [0.05, 0.1) is 25.5 Å². The number of amides is 1. The molecule has 0 radical (unpaired) electrons. The van der Waals surface area contributed by atoms with Crippen LogP contribution in [0.1, 0.15) is 28.0 Å². The molecule has 0 saturated carbocycles. The van der Waals surface area contributed by atoms with E-state index in [1.807, 2.05) is 18.2 Å². The van der Waals surface area contributed by atoms with Gasteiger partial charge in [0.15, 0.2) is 0 Å². The number of carbonyl (C=O) groups excluding carboxylic acids is 1. The Morgan fingerprint density at radius 1 is 1.16 bits per heavy atom. The third-order valence-electron chi connectivity index (χ3n) is 3.98. The van der Waals surface area contributed by atoms with Crippen LogP contribution in [-0.4, -0.2) is 37.2 Å². The van der Waals surface area contributed by atoms with E-state index in [-0.39, 0.29) is 18.0 Å². The first-order valence-corrected chi connectivity index (χ1v) is 8.08. The molecule has 1 aliphatic heterocycles. The van der Waals surface area contributed by atoms with Crippen molar-refractivity contribution in [2.75, 3.05) is 31.2 Å². The van der Waals surface area contributed by atoms with Gasteiger partial charge < -0.3 is 15.0 Å². The molecule has 0 unspecified atom stereocenters. The van der Waals surface area contributed by atoms with Crippen molar-refractivity contribution in [3.63, 3.8) is 0 Å². The number of alkyl halides is 2. The average molecular weight is 347 g/mol. The van der Waals surface area contributed by atoms with Gasteiger partial charge in [-0.2, -0.15) is 0 Å². The minimum Gasteiger partial charge on any atom is -0.378 e. The normalized spacial score (nSPS) is 14.6. The highest BCUT2D eigenvalue weighted by Crippen LogP contribution is 2.18. The van der Waals surface area contributed by atoms with Crippen LogP contribution in [0.2, 0.25) is 0 Å². The van der Waals surface area contributed by atoms with Crippen molar-refractivity contribution in [3.8, 4) is 0 Å². The van der Waals surface area contributed by atoms with Crippen LogP contribution in [0.3, 0.4) is 0 Å². The van der Waals surface area contributed by atoms with Crippen molar-refractivity contribution in [1.82, 2.24) is 10.3 Å². The number of morpholine rings is 1. The standard InChI is InChI=1S/C18H19F2N3O2/c19-17(20)13-4-6-14(7-5-13)18(24)21-12-15-2-1-3-16(22-15)23-8-10-25-11-9-23/h1-7,17H,8-12H2,(H,21,24). The largest absolute Gasteiger partial charge is 0.378 e. The highest BCUT2D eigenvalue weighted by molar-refractivity contribution is 5.94. The predicted octanol–water partition coefficient (Wildman–Crippen LogP) is 2.79. The molecule has 7 heteroatoms. The highest BCUT2D eigenvalue weighted by atomic mass is 19.3. The van der Waals surface area contributed by atoms with E-state index in [1.54, 1.807) is 0 Å². The molecule has 2 heterocycles. The van der Waals surface area contributed by atoms with Crippen molar-refractivity contribution >= 4 is 11.7 Å². The summed E-state index contributed by atoms with van der Waals surface area (Å²) in [6.45, 7) is 3.21. The predicted molar refractivity (Wildman–Crippen MR) is 89.8 cm³/mol. The summed E-state index contributed by atoms with van der Waals surface area (Å²) in [4.78, 5) is 18.8. The van der Waals surface area contributed by atoms with E-state index in [9.17, 15) is 13.6 Å². The first kappa shape index (κ1) is 17.3. The molecule has 1 fully saturated rings. The lowest BCUT2D eigenvalue weighted by molar-refractivity contribution is 0.0950. The quantitative estimate of drug-likeness (QED) is 0.904. The molecule has 0 atom stereocenters. The zero-order valence-corrected chi connectivity index (χ0v) is 13.6. The Labute approximate surface area is 144 Å². The number of benzene rings is 1. The van der Waals surface area contributed by atoms with Crippen molar-refractivity contribution in [2.45, 2.75) is 13.0 Å². The summed E-state index contributed by atoms with van der Waals surface area (Å²) in [7, 11) is 0. The van der Waals surface area contributed by atoms with Gasteiger partial charge in [-0.25, -0.2) is 13.8 Å². The molecule has 1 aliphatic rings. The van der Waals surface area contributed by atoms with Crippen molar-refractivity contribution in [3.05, 3.63) is 59.3 Å². The van der Waals surface area contributed by atoms with Gasteiger partial charge in [-0.05, 0) is 24.3 Å². The number of hydrogen-bond acceptors (Lipinski definition) is 4. The number of rotatable bonds is 5. The number of nitrogens with one attached hydrogen (secondary N) is 1. The Morgan fingerprint density at radius 2 is 1.88 bits per heavy atom. The third-order valence-corrected chi connectivity index (χ3v) is 3.98. The Morgan fingerprint density at radius 3 is 2.56 bits per heavy atom. The molecule has 132 valence electrons. The number of nitrogens with zero attached hydrogens (tertiary/aromatic N) is 2. The van der Waals surface area contributed by atoms with E-state index >= 15 is 0 Å².